The van der Waals surface area contributed by atoms with E-state index in [1.54, 1.807) is 0 Å². The lowest BCUT2D eigenvalue weighted by Crippen LogP contribution is -2.28. The van der Waals surface area contributed by atoms with Gasteiger partial charge in [-0.05, 0) is 271 Å². The van der Waals surface area contributed by atoms with Gasteiger partial charge in [-0.2, -0.15) is 0 Å². The number of fused-ring (bicyclic) bond motifs is 13. The Bertz CT molecular complexity index is 8870. The van der Waals surface area contributed by atoms with Crippen molar-refractivity contribution in [1.82, 2.24) is 9.13 Å². The Labute approximate surface area is 821 Å². The van der Waals surface area contributed by atoms with Crippen LogP contribution in [0.5, 0.6) is 0 Å². The van der Waals surface area contributed by atoms with Gasteiger partial charge in [-0.3, -0.25) is 0 Å². The van der Waals surface area contributed by atoms with Crippen LogP contribution >= 0.6 is 0 Å². The molecule has 2 heterocycles. The van der Waals surface area contributed by atoms with E-state index in [0.717, 1.165) is 34.1 Å². The Kier molecular flexibility index (Phi) is 21.9. The summed E-state index contributed by atoms with van der Waals surface area (Å²) in [5.74, 6) is 0. The first-order valence-corrected chi connectivity index (χ1v) is 48.6. The van der Waals surface area contributed by atoms with E-state index in [0.29, 0.717) is 0 Å². The lowest BCUT2D eigenvalue weighted by Gasteiger charge is -2.34. The van der Waals surface area contributed by atoms with Crippen LogP contribution in [-0.2, 0) is 5.41 Å². The molecule has 26 aromatic rings. The van der Waals surface area contributed by atoms with Crippen molar-refractivity contribution in [2.75, 3.05) is 9.80 Å². The quantitative estimate of drug-likeness (QED) is 0.0897. The number of benzene rings is 24. The van der Waals surface area contributed by atoms with Crippen molar-refractivity contribution in [2.45, 2.75) is 5.41 Å². The Morgan fingerprint density at radius 1 is 0.142 bits per heavy atom. The summed E-state index contributed by atoms with van der Waals surface area (Å²) in [7, 11) is 0. The zero-order valence-corrected chi connectivity index (χ0v) is 77.6. The van der Waals surface area contributed by atoms with Crippen molar-refractivity contribution >= 4 is 121 Å². The fraction of sp³-hybridized carbons (Fsp3) is 0.00730. The third kappa shape index (κ3) is 15.1. The highest BCUT2D eigenvalue weighted by atomic mass is 15.1. The highest BCUT2D eigenvalue weighted by Crippen LogP contribution is 2.57. The second-order valence-corrected chi connectivity index (χ2v) is 36.4. The molecule has 0 fully saturated rings. The summed E-state index contributed by atoms with van der Waals surface area (Å²) in [6.45, 7) is 0. The van der Waals surface area contributed by atoms with Gasteiger partial charge in [-0.25, -0.2) is 0 Å². The number of rotatable bonds is 16. The minimum Gasteiger partial charge on any atom is -0.311 e. The van der Waals surface area contributed by atoms with Crippen LogP contribution in [-0.4, -0.2) is 9.13 Å². The molecule has 0 saturated carbocycles. The average molecular weight is 1800 g/mol. The average Bonchev–Trinajstić information content (AvgIpc) is 1.55. The molecule has 0 radical (unpaired) electrons. The highest BCUT2D eigenvalue weighted by Gasteiger charge is 2.46. The van der Waals surface area contributed by atoms with Crippen LogP contribution in [0.1, 0.15) is 22.3 Å². The molecule has 0 unspecified atom stereocenters. The normalized spacial score (nSPS) is 11.9. The number of aromatic nitrogens is 2. The van der Waals surface area contributed by atoms with Crippen LogP contribution in [0.15, 0.2) is 570 Å². The molecule has 0 aliphatic heterocycles. The van der Waals surface area contributed by atoms with Crippen molar-refractivity contribution in [2.24, 2.45) is 0 Å². The molecule has 1 aliphatic rings. The SMILES string of the molecule is c1ccc(-c2c3ccccc3c(-c3ccc(-n4c5ccccc5c5ccccc54)cc3)c3ccccc23)cc1.c1ccc(-c2c3ccccc3c(-c3ccc(N(c4ccccc4)c4ccc(-c5ccc6c(c5)c5ccccc5n6-c5ccccc5)cc4)cc3)c3ccccc23)cc1.c1ccc(-c2ccc(N(c3ccccc3)c3ccc(C4(c5ccccc5)c5ccccc5-c5ccccc54)cc3)cc2)cc1. The number of para-hydroxylation sites is 6. The van der Waals surface area contributed by atoms with E-state index >= 15 is 0 Å². The van der Waals surface area contributed by atoms with Gasteiger partial charge >= 0.3 is 0 Å². The molecule has 0 saturated heterocycles. The van der Waals surface area contributed by atoms with Crippen LogP contribution in [0.25, 0.3) is 176 Å². The van der Waals surface area contributed by atoms with Crippen LogP contribution in [0, 0.1) is 0 Å². The summed E-state index contributed by atoms with van der Waals surface area (Å²) in [6, 6.07) is 206. The fourth-order valence-corrected chi connectivity index (χ4v) is 22.3. The molecule has 4 nitrogen and oxygen atoms in total. The topological polar surface area (TPSA) is 16.3 Å². The second kappa shape index (κ2) is 36.6. The summed E-state index contributed by atoms with van der Waals surface area (Å²) in [5.41, 5.74) is 36.2. The molecule has 0 N–H and O–H groups in total. The first-order chi connectivity index (χ1) is 70.0. The third-order valence-electron chi connectivity index (χ3n) is 28.5. The van der Waals surface area contributed by atoms with Crippen molar-refractivity contribution in [1.29, 1.82) is 0 Å². The number of hydrogen-bond donors (Lipinski definition) is 0. The van der Waals surface area contributed by atoms with Gasteiger partial charge < -0.3 is 18.9 Å². The molecule has 0 spiro atoms. The second-order valence-electron chi connectivity index (χ2n) is 36.4. The minimum absolute atomic E-state index is 0.401. The molecular weight excluding hydrogens is 1700 g/mol. The molecule has 1 aliphatic carbocycles. The maximum Gasteiger partial charge on any atom is 0.0713 e. The molecule has 0 bridgehead atoms. The van der Waals surface area contributed by atoms with Crippen LogP contribution in [0.4, 0.5) is 34.1 Å². The van der Waals surface area contributed by atoms with Gasteiger partial charge in [0.05, 0.1) is 27.5 Å². The van der Waals surface area contributed by atoms with Gasteiger partial charge in [0.15, 0.2) is 0 Å². The van der Waals surface area contributed by atoms with E-state index < -0.39 is 5.41 Å². The Balaban J connectivity index is 0.000000114. The van der Waals surface area contributed by atoms with Gasteiger partial charge in [0.2, 0.25) is 0 Å². The van der Waals surface area contributed by atoms with Gasteiger partial charge in [0.25, 0.3) is 0 Å². The number of anilines is 6. The molecule has 141 heavy (non-hydrogen) atoms. The standard InChI is InChI=1S/C56H38N2.C43H31N.C38H25N/c1-4-16-40(17-5-1)55-48-23-10-12-25-50(48)56(51-26-13-11-24-49(51)55)41-30-35-46(36-31-41)57(43-18-6-2-7-19-43)45-33-28-39(29-34-45)42-32-37-54-52(38-42)47-22-14-15-27-53(47)58(54)44-20-8-3-9-21-44;1-4-14-32(15-5-1)33-24-28-37(29-25-33)44(36-18-8-3-9-19-36)38-30-26-35(27-31-38)43(34-16-6-2-7-17-34)41-22-12-10-20-39(41)40-21-11-13-23-42(40)43;1-2-12-26(13-3-1)37-31-16-4-6-18-33(31)38(34-19-7-5-17-32(34)37)27-22-24-28(25-23-27)39-35-20-10-8-14-29(35)30-15-9-11-21-36(30)39/h1-38H;1-31H;1-25H. The van der Waals surface area contributed by atoms with Crippen LogP contribution in [0.3, 0.4) is 0 Å². The summed E-state index contributed by atoms with van der Waals surface area (Å²) in [6.07, 6.45) is 0. The maximum absolute atomic E-state index is 2.38. The molecule has 4 heteroatoms. The summed E-state index contributed by atoms with van der Waals surface area (Å²) in [4.78, 5) is 4.68. The van der Waals surface area contributed by atoms with Gasteiger partial charge in [0, 0.05) is 67.0 Å². The first kappa shape index (κ1) is 84.3. The van der Waals surface area contributed by atoms with Crippen LogP contribution in [0.2, 0.25) is 0 Å². The highest BCUT2D eigenvalue weighted by molar-refractivity contribution is 6.23. The Morgan fingerprint density at radius 2 is 0.369 bits per heavy atom. The number of hydrogen-bond acceptors (Lipinski definition) is 2. The lowest BCUT2D eigenvalue weighted by atomic mass is 9.68. The lowest BCUT2D eigenvalue weighted by molar-refractivity contribution is 0.768. The summed E-state index contributed by atoms with van der Waals surface area (Å²) >= 11 is 0. The first-order valence-electron chi connectivity index (χ1n) is 48.6. The summed E-state index contributed by atoms with van der Waals surface area (Å²) in [5, 5.41) is 15.2. The fourth-order valence-electron chi connectivity index (χ4n) is 22.3. The van der Waals surface area contributed by atoms with Crippen molar-refractivity contribution in [3.8, 4) is 89.3 Å². The van der Waals surface area contributed by atoms with Crippen LogP contribution < -0.4 is 9.80 Å². The van der Waals surface area contributed by atoms with Gasteiger partial charge in [-0.1, -0.05) is 443 Å². The molecule has 662 valence electrons. The third-order valence-corrected chi connectivity index (χ3v) is 28.5. The zero-order chi connectivity index (χ0) is 93.5. The molecule has 0 atom stereocenters. The minimum atomic E-state index is -0.401. The molecule has 24 aromatic carbocycles. The zero-order valence-electron chi connectivity index (χ0n) is 77.6. The summed E-state index contributed by atoms with van der Waals surface area (Å²) < 4.78 is 4.74. The van der Waals surface area contributed by atoms with E-state index in [9.17, 15) is 0 Å². The molecule has 27 rings (SSSR count). The van der Waals surface area contributed by atoms with Crippen molar-refractivity contribution < 1.29 is 0 Å². The van der Waals surface area contributed by atoms with Crippen molar-refractivity contribution in [3.63, 3.8) is 0 Å². The molecule has 0 amide bonds. The van der Waals surface area contributed by atoms with E-state index in [1.807, 2.05) is 0 Å². The molecule has 2 aromatic heterocycles. The van der Waals surface area contributed by atoms with Gasteiger partial charge in [0.1, 0.15) is 0 Å². The van der Waals surface area contributed by atoms with E-state index in [2.05, 4.69) is 589 Å². The Hall–Kier alpha value is -18.5. The molecular formula is C137H94N4. The monoisotopic (exact) mass is 1790 g/mol. The van der Waals surface area contributed by atoms with Gasteiger partial charge in [-0.15, -0.1) is 0 Å². The van der Waals surface area contributed by atoms with E-state index in [1.165, 1.54) is 198 Å². The Morgan fingerprint density at radius 3 is 0.745 bits per heavy atom. The van der Waals surface area contributed by atoms with E-state index in [-0.39, 0.29) is 0 Å². The predicted molar refractivity (Wildman–Crippen MR) is 597 cm³/mol. The predicted octanol–water partition coefficient (Wildman–Crippen LogP) is 37.2. The van der Waals surface area contributed by atoms with E-state index in [4.69, 9.17) is 0 Å². The number of nitrogens with zero attached hydrogens (tertiary/aromatic N) is 4. The smallest absolute Gasteiger partial charge is 0.0713 e. The largest absolute Gasteiger partial charge is 0.311 e. The van der Waals surface area contributed by atoms with Crippen molar-refractivity contribution in [3.05, 3.63) is 592 Å². The maximum atomic E-state index is 2.38.